The number of rotatable bonds is 3. The molecule has 1 saturated carbocycles. The van der Waals surface area contributed by atoms with Crippen LogP contribution in [0, 0.1) is 11.3 Å². The number of likely N-dealkylation sites (tertiary alicyclic amines) is 1. The fraction of sp³-hybridized carbons (Fsp3) is 0.938. The second kappa shape index (κ2) is 6.25. The predicted octanol–water partition coefficient (Wildman–Crippen LogP) is 2.80. The fourth-order valence-corrected chi connectivity index (χ4v) is 3.99. The highest BCUT2D eigenvalue weighted by Crippen LogP contribution is 2.38. The number of piperidine rings is 1. The summed E-state index contributed by atoms with van der Waals surface area (Å²) in [4.78, 5) is 14.2. The second-order valence-corrected chi connectivity index (χ2v) is 7.43. The molecule has 0 radical (unpaired) electrons. The zero-order valence-electron chi connectivity index (χ0n) is 12.9. The van der Waals surface area contributed by atoms with E-state index in [1.165, 1.54) is 38.5 Å². The molecule has 2 atom stereocenters. The summed E-state index contributed by atoms with van der Waals surface area (Å²) in [6, 6.07) is 0.521. The Bertz CT molecular complexity index is 308. The van der Waals surface area contributed by atoms with Crippen molar-refractivity contribution in [2.45, 2.75) is 65.3 Å². The smallest absolute Gasteiger partial charge is 0.236 e. The van der Waals surface area contributed by atoms with Crippen LogP contribution in [0.3, 0.4) is 0 Å². The van der Waals surface area contributed by atoms with Crippen LogP contribution in [-0.2, 0) is 4.79 Å². The molecule has 2 aliphatic rings. The molecule has 0 aromatic rings. The lowest BCUT2D eigenvalue weighted by atomic mass is 9.70. The highest BCUT2D eigenvalue weighted by Gasteiger charge is 2.32. The van der Waals surface area contributed by atoms with Crippen molar-refractivity contribution in [1.29, 1.82) is 0 Å². The normalized spacial score (nSPS) is 31.2. The lowest BCUT2D eigenvalue weighted by Gasteiger charge is -2.39. The van der Waals surface area contributed by atoms with Crippen molar-refractivity contribution in [1.82, 2.24) is 10.2 Å². The molecule has 1 aliphatic carbocycles. The summed E-state index contributed by atoms with van der Waals surface area (Å²) >= 11 is 0. The molecule has 19 heavy (non-hydrogen) atoms. The average molecular weight is 266 g/mol. The standard InChI is InChI=1S/C16H30N2O/c1-13-9-14(11-16(2,3)10-13)17-12-15(19)18-7-5-4-6-8-18/h13-14,17H,4-12H2,1-3H3. The van der Waals surface area contributed by atoms with Crippen molar-refractivity contribution >= 4 is 5.91 Å². The monoisotopic (exact) mass is 266 g/mol. The molecule has 3 nitrogen and oxygen atoms in total. The van der Waals surface area contributed by atoms with Crippen molar-refractivity contribution in [3.63, 3.8) is 0 Å². The van der Waals surface area contributed by atoms with Gasteiger partial charge in [-0.05, 0) is 49.9 Å². The molecule has 1 heterocycles. The molecule has 0 spiro atoms. The maximum absolute atomic E-state index is 12.1. The van der Waals surface area contributed by atoms with Crippen LogP contribution in [-0.4, -0.2) is 36.5 Å². The summed E-state index contributed by atoms with van der Waals surface area (Å²) in [7, 11) is 0. The van der Waals surface area contributed by atoms with Crippen molar-refractivity contribution in [2.24, 2.45) is 11.3 Å². The minimum Gasteiger partial charge on any atom is -0.342 e. The summed E-state index contributed by atoms with van der Waals surface area (Å²) in [6.07, 6.45) is 7.37. The first-order valence-corrected chi connectivity index (χ1v) is 7.97. The summed E-state index contributed by atoms with van der Waals surface area (Å²) in [5.74, 6) is 1.07. The van der Waals surface area contributed by atoms with Gasteiger partial charge < -0.3 is 10.2 Å². The van der Waals surface area contributed by atoms with Gasteiger partial charge in [0.1, 0.15) is 0 Å². The van der Waals surface area contributed by atoms with Crippen LogP contribution in [0.5, 0.6) is 0 Å². The van der Waals surface area contributed by atoms with Crippen molar-refractivity contribution in [3.8, 4) is 0 Å². The molecule has 1 aliphatic heterocycles. The molecular weight excluding hydrogens is 236 g/mol. The molecule has 1 N–H and O–H groups in total. The van der Waals surface area contributed by atoms with E-state index in [9.17, 15) is 4.79 Å². The number of nitrogens with one attached hydrogen (secondary N) is 1. The fourth-order valence-electron chi connectivity index (χ4n) is 3.99. The summed E-state index contributed by atoms with van der Waals surface area (Å²) in [5.41, 5.74) is 0.420. The third kappa shape index (κ3) is 4.48. The van der Waals surface area contributed by atoms with Gasteiger partial charge in [0.25, 0.3) is 0 Å². The highest BCUT2D eigenvalue weighted by atomic mass is 16.2. The topological polar surface area (TPSA) is 32.3 Å². The van der Waals surface area contributed by atoms with E-state index in [4.69, 9.17) is 0 Å². The minimum atomic E-state index is 0.302. The molecule has 2 fully saturated rings. The van der Waals surface area contributed by atoms with Crippen LogP contribution in [0.15, 0.2) is 0 Å². The maximum atomic E-state index is 12.1. The first-order chi connectivity index (χ1) is 8.96. The van der Waals surface area contributed by atoms with Crippen molar-refractivity contribution in [3.05, 3.63) is 0 Å². The molecular formula is C16H30N2O. The van der Waals surface area contributed by atoms with E-state index < -0.39 is 0 Å². The average Bonchev–Trinajstić information content (AvgIpc) is 2.34. The van der Waals surface area contributed by atoms with Gasteiger partial charge in [0.2, 0.25) is 5.91 Å². The van der Waals surface area contributed by atoms with Crippen LogP contribution in [0.1, 0.15) is 59.3 Å². The Morgan fingerprint density at radius 2 is 1.89 bits per heavy atom. The molecule has 3 heteroatoms. The number of hydrogen-bond donors (Lipinski definition) is 1. The molecule has 2 unspecified atom stereocenters. The quantitative estimate of drug-likeness (QED) is 0.852. The first-order valence-electron chi connectivity index (χ1n) is 7.97. The molecule has 1 saturated heterocycles. The number of hydrogen-bond acceptors (Lipinski definition) is 2. The van der Waals surface area contributed by atoms with Crippen LogP contribution >= 0.6 is 0 Å². The van der Waals surface area contributed by atoms with E-state index >= 15 is 0 Å². The molecule has 110 valence electrons. The van der Waals surface area contributed by atoms with Crippen LogP contribution < -0.4 is 5.32 Å². The van der Waals surface area contributed by atoms with E-state index in [2.05, 4.69) is 26.1 Å². The number of carbonyl (C=O) groups excluding carboxylic acids is 1. The Morgan fingerprint density at radius 3 is 2.53 bits per heavy atom. The summed E-state index contributed by atoms with van der Waals surface area (Å²) < 4.78 is 0. The third-order valence-electron chi connectivity index (χ3n) is 4.64. The molecule has 0 aromatic carbocycles. The van der Waals surface area contributed by atoms with Gasteiger partial charge in [-0.2, -0.15) is 0 Å². The van der Waals surface area contributed by atoms with Crippen LogP contribution in [0.2, 0.25) is 0 Å². The van der Waals surface area contributed by atoms with Gasteiger partial charge in [-0.25, -0.2) is 0 Å². The van der Waals surface area contributed by atoms with Gasteiger partial charge in [0, 0.05) is 19.1 Å². The minimum absolute atomic E-state index is 0.302. The van der Waals surface area contributed by atoms with E-state index in [0.717, 1.165) is 19.0 Å². The van der Waals surface area contributed by atoms with Gasteiger partial charge in [-0.1, -0.05) is 20.8 Å². The van der Waals surface area contributed by atoms with E-state index in [-0.39, 0.29) is 0 Å². The lowest BCUT2D eigenvalue weighted by Crippen LogP contribution is -2.46. The molecule has 2 rings (SSSR count). The number of carbonyl (C=O) groups is 1. The van der Waals surface area contributed by atoms with Gasteiger partial charge in [0.05, 0.1) is 6.54 Å². The Balaban J connectivity index is 1.76. The lowest BCUT2D eigenvalue weighted by molar-refractivity contribution is -0.131. The second-order valence-electron chi connectivity index (χ2n) is 7.43. The first kappa shape index (κ1) is 14.8. The van der Waals surface area contributed by atoms with Gasteiger partial charge >= 0.3 is 0 Å². The van der Waals surface area contributed by atoms with E-state index in [1.807, 2.05) is 4.90 Å². The Hall–Kier alpha value is -0.570. The molecule has 0 bridgehead atoms. The molecule has 0 aromatic heterocycles. The van der Waals surface area contributed by atoms with Crippen LogP contribution in [0.25, 0.3) is 0 Å². The van der Waals surface area contributed by atoms with Crippen molar-refractivity contribution < 1.29 is 4.79 Å². The predicted molar refractivity (Wildman–Crippen MR) is 79.0 cm³/mol. The van der Waals surface area contributed by atoms with E-state index in [0.29, 0.717) is 23.9 Å². The van der Waals surface area contributed by atoms with Gasteiger partial charge in [-0.3, -0.25) is 4.79 Å². The summed E-state index contributed by atoms with van der Waals surface area (Å²) in [6.45, 7) is 9.50. The van der Waals surface area contributed by atoms with Gasteiger partial charge in [-0.15, -0.1) is 0 Å². The number of amides is 1. The largest absolute Gasteiger partial charge is 0.342 e. The zero-order valence-corrected chi connectivity index (χ0v) is 12.9. The highest BCUT2D eigenvalue weighted by molar-refractivity contribution is 5.78. The molecule has 1 amide bonds. The summed E-state index contributed by atoms with van der Waals surface area (Å²) in [5, 5.41) is 3.51. The van der Waals surface area contributed by atoms with E-state index in [1.54, 1.807) is 0 Å². The SMILES string of the molecule is CC1CC(NCC(=O)N2CCCCC2)CC(C)(C)C1. The van der Waals surface area contributed by atoms with Crippen molar-refractivity contribution in [2.75, 3.05) is 19.6 Å². The maximum Gasteiger partial charge on any atom is 0.236 e. The number of nitrogens with zero attached hydrogens (tertiary/aromatic N) is 1. The van der Waals surface area contributed by atoms with Crippen LogP contribution in [0.4, 0.5) is 0 Å². The Morgan fingerprint density at radius 1 is 1.21 bits per heavy atom. The zero-order chi connectivity index (χ0) is 13.9. The third-order valence-corrected chi connectivity index (χ3v) is 4.64. The van der Waals surface area contributed by atoms with Gasteiger partial charge in [0.15, 0.2) is 0 Å². The Kier molecular flexibility index (Phi) is 4.88. The Labute approximate surface area is 118 Å².